The Hall–Kier alpha value is -3.62. The summed E-state index contributed by atoms with van der Waals surface area (Å²) in [6, 6.07) is 13.0. The normalized spacial score (nSPS) is 15.0. The second-order valence-electron chi connectivity index (χ2n) is 6.70. The van der Waals surface area contributed by atoms with E-state index in [-0.39, 0.29) is 12.5 Å². The van der Waals surface area contributed by atoms with E-state index in [1.165, 1.54) is 0 Å². The van der Waals surface area contributed by atoms with Gasteiger partial charge in [-0.3, -0.25) is 4.79 Å². The Morgan fingerprint density at radius 2 is 1.97 bits per heavy atom. The van der Waals surface area contributed by atoms with Gasteiger partial charge in [0.25, 0.3) is 5.91 Å². The molecule has 0 aliphatic carbocycles. The molecule has 1 aromatic carbocycles. The van der Waals surface area contributed by atoms with Crippen LogP contribution in [0.5, 0.6) is 11.5 Å². The van der Waals surface area contributed by atoms with Crippen LogP contribution in [0.3, 0.4) is 0 Å². The monoisotopic (exact) mass is 394 g/mol. The summed E-state index contributed by atoms with van der Waals surface area (Å²) in [6.45, 7) is 5.02. The van der Waals surface area contributed by atoms with Crippen LogP contribution in [0.25, 0.3) is 5.82 Å². The van der Waals surface area contributed by atoms with Gasteiger partial charge >= 0.3 is 0 Å². The number of benzene rings is 1. The van der Waals surface area contributed by atoms with E-state index < -0.39 is 6.10 Å². The van der Waals surface area contributed by atoms with E-state index in [4.69, 9.17) is 9.47 Å². The molecule has 0 radical (unpaired) electrons. The molecule has 0 bridgehead atoms. The second-order valence-corrected chi connectivity index (χ2v) is 6.70. The van der Waals surface area contributed by atoms with Crippen LogP contribution in [-0.2, 0) is 4.79 Å². The lowest BCUT2D eigenvalue weighted by molar-refractivity contribution is -0.130. The van der Waals surface area contributed by atoms with Crippen molar-refractivity contribution in [3.63, 3.8) is 0 Å². The molecule has 1 unspecified atom stereocenters. The van der Waals surface area contributed by atoms with Gasteiger partial charge in [0.05, 0.1) is 5.69 Å². The van der Waals surface area contributed by atoms with E-state index >= 15 is 0 Å². The van der Waals surface area contributed by atoms with Crippen LogP contribution in [0, 0.1) is 13.8 Å². The van der Waals surface area contributed by atoms with Crippen LogP contribution in [0.2, 0.25) is 0 Å². The number of aromatic nitrogens is 4. The fraction of sp³-hybridized carbons (Fsp3) is 0.300. The Kier molecular flexibility index (Phi) is 5.28. The molecule has 3 heterocycles. The molecule has 1 amide bonds. The largest absolute Gasteiger partial charge is 0.485 e. The average Bonchev–Trinajstić information content (AvgIpc) is 3.09. The van der Waals surface area contributed by atoms with Crippen molar-refractivity contribution < 1.29 is 14.3 Å². The maximum absolute atomic E-state index is 12.3. The number of carbonyl (C=O) groups excluding carboxylic acids is 1. The van der Waals surface area contributed by atoms with Gasteiger partial charge < -0.3 is 20.1 Å². The molecular weight excluding hydrogens is 372 g/mol. The number of aryl methyl sites for hydroxylation is 2. The molecule has 2 aromatic heterocycles. The Labute approximate surface area is 168 Å². The number of ether oxygens (including phenoxy) is 2. The number of para-hydroxylation sites is 2. The molecule has 29 heavy (non-hydrogen) atoms. The van der Waals surface area contributed by atoms with Gasteiger partial charge in [-0.25, -0.2) is 4.68 Å². The number of anilines is 1. The first-order valence-electron chi connectivity index (χ1n) is 9.37. The first-order valence-corrected chi connectivity index (χ1v) is 9.37. The van der Waals surface area contributed by atoms with E-state index in [9.17, 15) is 4.79 Å². The van der Waals surface area contributed by atoms with Gasteiger partial charge in [0.2, 0.25) is 6.10 Å². The molecule has 2 N–H and O–H groups in total. The number of hydrogen-bond donors (Lipinski definition) is 2. The fourth-order valence-electron chi connectivity index (χ4n) is 3.03. The van der Waals surface area contributed by atoms with Gasteiger partial charge in [0.15, 0.2) is 17.3 Å². The molecule has 1 atom stereocenters. The predicted octanol–water partition coefficient (Wildman–Crippen LogP) is 1.65. The second kappa shape index (κ2) is 8.17. The maximum Gasteiger partial charge on any atom is 0.264 e. The molecule has 1 aliphatic heterocycles. The topological polar surface area (TPSA) is 103 Å². The minimum atomic E-state index is -0.662. The van der Waals surface area contributed by atoms with Crippen molar-refractivity contribution >= 4 is 11.7 Å². The summed E-state index contributed by atoms with van der Waals surface area (Å²) < 4.78 is 13.0. The minimum absolute atomic E-state index is 0.190. The molecule has 0 saturated carbocycles. The lowest BCUT2D eigenvalue weighted by Crippen LogP contribution is -2.45. The Balaban J connectivity index is 1.23. The summed E-state index contributed by atoms with van der Waals surface area (Å²) >= 11 is 0. The van der Waals surface area contributed by atoms with Crippen LogP contribution in [0.1, 0.15) is 11.4 Å². The SMILES string of the molecule is Cc1cc(C)n(-c2ccc(NCCNC(=O)C3COc4ccccc4O3)nn2)n1. The van der Waals surface area contributed by atoms with Crippen molar-refractivity contribution in [2.45, 2.75) is 20.0 Å². The number of nitrogens with zero attached hydrogens (tertiary/aromatic N) is 4. The van der Waals surface area contributed by atoms with Crippen LogP contribution < -0.4 is 20.1 Å². The van der Waals surface area contributed by atoms with Crippen molar-refractivity contribution in [2.24, 2.45) is 0 Å². The van der Waals surface area contributed by atoms with Crippen LogP contribution in [0.4, 0.5) is 5.82 Å². The summed E-state index contributed by atoms with van der Waals surface area (Å²) in [7, 11) is 0. The van der Waals surface area contributed by atoms with E-state index in [0.717, 1.165) is 11.4 Å². The Bertz CT molecular complexity index is 1000. The molecule has 9 heteroatoms. The number of hydrogen-bond acceptors (Lipinski definition) is 7. The number of amides is 1. The predicted molar refractivity (Wildman–Crippen MR) is 106 cm³/mol. The molecule has 0 saturated heterocycles. The molecule has 0 spiro atoms. The zero-order valence-electron chi connectivity index (χ0n) is 16.3. The van der Waals surface area contributed by atoms with Gasteiger partial charge in [-0.05, 0) is 44.2 Å². The number of fused-ring (bicyclic) bond motifs is 1. The lowest BCUT2D eigenvalue weighted by Gasteiger charge is -2.25. The van der Waals surface area contributed by atoms with Crippen molar-refractivity contribution in [3.8, 4) is 17.3 Å². The highest BCUT2D eigenvalue weighted by Gasteiger charge is 2.26. The van der Waals surface area contributed by atoms with Crippen molar-refractivity contribution in [3.05, 3.63) is 53.9 Å². The smallest absolute Gasteiger partial charge is 0.264 e. The third-order valence-electron chi connectivity index (χ3n) is 4.41. The van der Waals surface area contributed by atoms with Gasteiger partial charge in [-0.2, -0.15) is 5.10 Å². The van der Waals surface area contributed by atoms with E-state index in [2.05, 4.69) is 25.9 Å². The van der Waals surface area contributed by atoms with E-state index in [1.54, 1.807) is 10.7 Å². The molecule has 4 rings (SSSR count). The summed E-state index contributed by atoms with van der Waals surface area (Å²) in [5.74, 6) is 2.29. The molecule has 0 fully saturated rings. The highest BCUT2D eigenvalue weighted by atomic mass is 16.6. The van der Waals surface area contributed by atoms with Gasteiger partial charge in [-0.15, -0.1) is 10.2 Å². The molecule has 150 valence electrons. The molecule has 9 nitrogen and oxygen atoms in total. The Morgan fingerprint density at radius 1 is 1.14 bits per heavy atom. The van der Waals surface area contributed by atoms with Gasteiger partial charge in [-0.1, -0.05) is 12.1 Å². The molecule has 3 aromatic rings. The quantitative estimate of drug-likeness (QED) is 0.613. The number of carbonyl (C=O) groups is 1. The number of nitrogens with one attached hydrogen (secondary N) is 2. The zero-order valence-corrected chi connectivity index (χ0v) is 16.3. The first-order chi connectivity index (χ1) is 14.1. The highest BCUT2D eigenvalue weighted by Crippen LogP contribution is 2.30. The Morgan fingerprint density at radius 3 is 2.69 bits per heavy atom. The number of rotatable bonds is 6. The minimum Gasteiger partial charge on any atom is -0.485 e. The average molecular weight is 394 g/mol. The van der Waals surface area contributed by atoms with E-state index in [0.29, 0.717) is 36.2 Å². The van der Waals surface area contributed by atoms with Crippen molar-refractivity contribution in [1.82, 2.24) is 25.3 Å². The lowest BCUT2D eigenvalue weighted by atomic mass is 10.2. The van der Waals surface area contributed by atoms with Crippen LogP contribution >= 0.6 is 0 Å². The summed E-state index contributed by atoms with van der Waals surface area (Å²) in [5, 5.41) is 18.7. The van der Waals surface area contributed by atoms with Crippen LogP contribution in [-0.4, -0.2) is 51.7 Å². The van der Waals surface area contributed by atoms with Gasteiger partial charge in [0, 0.05) is 18.8 Å². The molecule has 1 aliphatic rings. The first kappa shape index (κ1) is 18.7. The third-order valence-corrected chi connectivity index (χ3v) is 4.41. The summed E-state index contributed by atoms with van der Waals surface area (Å²) in [5.41, 5.74) is 1.93. The van der Waals surface area contributed by atoms with Crippen molar-refractivity contribution in [1.29, 1.82) is 0 Å². The highest BCUT2D eigenvalue weighted by molar-refractivity contribution is 5.81. The van der Waals surface area contributed by atoms with Gasteiger partial charge in [0.1, 0.15) is 12.4 Å². The van der Waals surface area contributed by atoms with E-state index in [1.807, 2.05) is 50.2 Å². The zero-order chi connectivity index (χ0) is 20.2. The summed E-state index contributed by atoms with van der Waals surface area (Å²) in [4.78, 5) is 12.3. The fourth-order valence-corrected chi connectivity index (χ4v) is 3.03. The summed E-state index contributed by atoms with van der Waals surface area (Å²) in [6.07, 6.45) is -0.662. The molecular formula is C20H22N6O3. The third kappa shape index (κ3) is 4.29. The standard InChI is InChI=1S/C20H22N6O3/c1-13-11-14(2)26(25-13)19-8-7-18(23-24-19)21-9-10-22-20(27)17-12-28-15-5-3-4-6-16(15)29-17/h3-8,11,17H,9-10,12H2,1-2H3,(H,21,23)(H,22,27). The van der Waals surface area contributed by atoms with Crippen molar-refractivity contribution in [2.75, 3.05) is 25.0 Å². The maximum atomic E-state index is 12.3. The van der Waals surface area contributed by atoms with Crippen LogP contribution in [0.15, 0.2) is 42.5 Å².